The van der Waals surface area contributed by atoms with E-state index in [0.29, 0.717) is 6.42 Å². The SMILES string of the molecule is CN=C(NCCCC(=O)N1CCc2ccccc21)NCCCc1ccccc1. The molecular weight excluding hydrogens is 348 g/mol. The molecule has 5 nitrogen and oxygen atoms in total. The topological polar surface area (TPSA) is 56.7 Å². The number of hydrogen-bond donors (Lipinski definition) is 2. The average Bonchev–Trinajstić information content (AvgIpc) is 3.17. The largest absolute Gasteiger partial charge is 0.356 e. The molecule has 2 N–H and O–H groups in total. The number of nitrogens with one attached hydrogen (secondary N) is 2. The Morgan fingerprint density at radius 3 is 2.50 bits per heavy atom. The fraction of sp³-hybridized carbons (Fsp3) is 0.391. The third kappa shape index (κ3) is 5.59. The van der Waals surface area contributed by atoms with Gasteiger partial charge in [0.1, 0.15) is 0 Å². The Morgan fingerprint density at radius 2 is 1.71 bits per heavy atom. The maximum atomic E-state index is 12.5. The molecule has 0 saturated heterocycles. The van der Waals surface area contributed by atoms with Gasteiger partial charge >= 0.3 is 0 Å². The van der Waals surface area contributed by atoms with Gasteiger partial charge in [-0.1, -0.05) is 48.5 Å². The molecule has 0 atom stereocenters. The number of guanidine groups is 1. The first-order valence-electron chi connectivity index (χ1n) is 10.1. The number of anilines is 1. The number of fused-ring (bicyclic) bond motifs is 1. The van der Waals surface area contributed by atoms with Crippen LogP contribution in [0, 0.1) is 0 Å². The van der Waals surface area contributed by atoms with E-state index in [1.165, 1.54) is 11.1 Å². The summed E-state index contributed by atoms with van der Waals surface area (Å²) in [5.74, 6) is 1.00. The first kappa shape index (κ1) is 19.9. The minimum atomic E-state index is 0.206. The van der Waals surface area contributed by atoms with Gasteiger partial charge in [-0.3, -0.25) is 9.79 Å². The van der Waals surface area contributed by atoms with Gasteiger partial charge in [0, 0.05) is 38.8 Å². The van der Waals surface area contributed by atoms with Crippen LogP contribution in [0.4, 0.5) is 5.69 Å². The molecule has 0 aliphatic carbocycles. The fourth-order valence-corrected chi connectivity index (χ4v) is 3.54. The van der Waals surface area contributed by atoms with Crippen molar-refractivity contribution in [2.24, 2.45) is 4.99 Å². The molecule has 0 unspecified atom stereocenters. The molecule has 3 rings (SSSR count). The van der Waals surface area contributed by atoms with E-state index in [1.807, 2.05) is 29.2 Å². The maximum Gasteiger partial charge on any atom is 0.227 e. The number of aliphatic imine (C=N–C) groups is 1. The van der Waals surface area contributed by atoms with E-state index in [-0.39, 0.29) is 5.91 Å². The summed E-state index contributed by atoms with van der Waals surface area (Å²) in [7, 11) is 1.78. The zero-order chi connectivity index (χ0) is 19.6. The van der Waals surface area contributed by atoms with Crippen molar-refractivity contribution in [3.8, 4) is 0 Å². The minimum absolute atomic E-state index is 0.206. The molecule has 28 heavy (non-hydrogen) atoms. The smallest absolute Gasteiger partial charge is 0.227 e. The number of nitrogens with zero attached hydrogens (tertiary/aromatic N) is 2. The van der Waals surface area contributed by atoms with Gasteiger partial charge in [-0.2, -0.15) is 0 Å². The van der Waals surface area contributed by atoms with Gasteiger partial charge in [-0.05, 0) is 42.9 Å². The van der Waals surface area contributed by atoms with Gasteiger partial charge in [0.2, 0.25) is 5.91 Å². The van der Waals surface area contributed by atoms with Crippen LogP contribution in [0.15, 0.2) is 59.6 Å². The highest BCUT2D eigenvalue weighted by Gasteiger charge is 2.23. The molecule has 1 amide bonds. The minimum Gasteiger partial charge on any atom is -0.356 e. The number of hydrogen-bond acceptors (Lipinski definition) is 2. The van der Waals surface area contributed by atoms with Crippen molar-refractivity contribution in [2.45, 2.75) is 32.1 Å². The van der Waals surface area contributed by atoms with Crippen molar-refractivity contribution in [3.63, 3.8) is 0 Å². The van der Waals surface area contributed by atoms with E-state index in [2.05, 4.69) is 46.0 Å². The second-order valence-corrected chi connectivity index (χ2v) is 7.04. The summed E-state index contributed by atoms with van der Waals surface area (Å²) in [6.45, 7) is 2.41. The summed E-state index contributed by atoms with van der Waals surface area (Å²) in [6, 6.07) is 18.7. The molecule has 1 aliphatic rings. The molecule has 0 spiro atoms. The molecule has 0 saturated carbocycles. The van der Waals surface area contributed by atoms with Crippen LogP contribution in [-0.2, 0) is 17.6 Å². The lowest BCUT2D eigenvalue weighted by atomic mass is 10.1. The monoisotopic (exact) mass is 378 g/mol. The van der Waals surface area contributed by atoms with Crippen LogP contribution in [0.2, 0.25) is 0 Å². The summed E-state index contributed by atoms with van der Waals surface area (Å²) in [5, 5.41) is 6.64. The van der Waals surface area contributed by atoms with Crippen LogP contribution < -0.4 is 15.5 Å². The molecule has 0 fully saturated rings. The highest BCUT2D eigenvalue weighted by Crippen LogP contribution is 2.27. The molecular formula is C23H30N4O. The van der Waals surface area contributed by atoms with E-state index < -0.39 is 0 Å². The fourth-order valence-electron chi connectivity index (χ4n) is 3.54. The summed E-state index contributed by atoms with van der Waals surface area (Å²) < 4.78 is 0. The van der Waals surface area contributed by atoms with Gasteiger partial charge < -0.3 is 15.5 Å². The van der Waals surface area contributed by atoms with Crippen molar-refractivity contribution < 1.29 is 4.79 Å². The Morgan fingerprint density at radius 1 is 1.00 bits per heavy atom. The predicted octanol–water partition coefficient (Wildman–Crippen LogP) is 3.15. The van der Waals surface area contributed by atoms with Gasteiger partial charge in [0.05, 0.1) is 0 Å². The summed E-state index contributed by atoms with van der Waals surface area (Å²) in [6.07, 6.45) is 4.41. The predicted molar refractivity (Wildman–Crippen MR) is 116 cm³/mol. The molecule has 148 valence electrons. The third-order valence-corrected chi connectivity index (χ3v) is 5.05. The maximum absolute atomic E-state index is 12.5. The lowest BCUT2D eigenvalue weighted by Gasteiger charge is -2.17. The average molecular weight is 379 g/mol. The van der Waals surface area contributed by atoms with Crippen LogP contribution in [0.1, 0.15) is 30.4 Å². The van der Waals surface area contributed by atoms with Crippen LogP contribution in [0.5, 0.6) is 0 Å². The van der Waals surface area contributed by atoms with E-state index >= 15 is 0 Å². The standard InChI is InChI=1S/C23H30N4O/c1-24-23(25-16-7-11-19-9-3-2-4-10-19)26-17-8-14-22(28)27-18-15-20-12-5-6-13-21(20)27/h2-6,9-10,12-13H,7-8,11,14-18H2,1H3,(H2,24,25,26). The van der Waals surface area contributed by atoms with Gasteiger partial charge in [-0.15, -0.1) is 0 Å². The van der Waals surface area contributed by atoms with Crippen molar-refractivity contribution in [1.29, 1.82) is 0 Å². The Balaban J connectivity index is 1.31. The molecule has 0 bridgehead atoms. The zero-order valence-electron chi connectivity index (χ0n) is 16.7. The highest BCUT2D eigenvalue weighted by atomic mass is 16.2. The molecule has 5 heteroatoms. The van der Waals surface area contributed by atoms with Crippen molar-refractivity contribution in [3.05, 3.63) is 65.7 Å². The Hall–Kier alpha value is -2.82. The summed E-state index contributed by atoms with van der Waals surface area (Å²) in [5.41, 5.74) is 3.71. The number of para-hydroxylation sites is 1. The Kier molecular flexibility index (Phi) is 7.47. The van der Waals surface area contributed by atoms with E-state index in [0.717, 1.165) is 57.0 Å². The van der Waals surface area contributed by atoms with E-state index in [9.17, 15) is 4.79 Å². The van der Waals surface area contributed by atoms with E-state index in [4.69, 9.17) is 0 Å². The number of rotatable bonds is 8. The number of amides is 1. The Bertz CT molecular complexity index is 788. The first-order valence-corrected chi connectivity index (χ1v) is 10.1. The van der Waals surface area contributed by atoms with E-state index in [1.54, 1.807) is 7.05 Å². The van der Waals surface area contributed by atoms with Crippen LogP contribution in [-0.4, -0.2) is 38.5 Å². The molecule has 0 aromatic heterocycles. The van der Waals surface area contributed by atoms with Crippen LogP contribution in [0.25, 0.3) is 0 Å². The van der Waals surface area contributed by atoms with Gasteiger partial charge in [0.15, 0.2) is 5.96 Å². The number of aryl methyl sites for hydroxylation is 1. The first-order chi connectivity index (χ1) is 13.8. The summed E-state index contributed by atoms with van der Waals surface area (Å²) in [4.78, 5) is 18.7. The number of carbonyl (C=O) groups is 1. The molecule has 2 aromatic rings. The lowest BCUT2D eigenvalue weighted by molar-refractivity contribution is -0.118. The number of carbonyl (C=O) groups excluding carboxylic acids is 1. The quantitative estimate of drug-likeness (QED) is 0.421. The lowest BCUT2D eigenvalue weighted by Crippen LogP contribution is -2.38. The summed E-state index contributed by atoms with van der Waals surface area (Å²) >= 11 is 0. The van der Waals surface area contributed by atoms with Crippen LogP contribution >= 0.6 is 0 Å². The Labute approximate surface area is 167 Å². The van der Waals surface area contributed by atoms with Crippen LogP contribution in [0.3, 0.4) is 0 Å². The van der Waals surface area contributed by atoms with Crippen molar-refractivity contribution in [2.75, 3.05) is 31.6 Å². The normalized spacial score (nSPS) is 13.3. The molecule has 2 aromatic carbocycles. The highest BCUT2D eigenvalue weighted by molar-refractivity contribution is 5.95. The second kappa shape index (κ2) is 10.5. The molecule has 1 heterocycles. The zero-order valence-corrected chi connectivity index (χ0v) is 16.7. The molecule has 1 aliphatic heterocycles. The number of benzene rings is 2. The second-order valence-electron chi connectivity index (χ2n) is 7.04. The van der Waals surface area contributed by atoms with Gasteiger partial charge in [0.25, 0.3) is 0 Å². The van der Waals surface area contributed by atoms with Crippen molar-refractivity contribution in [1.82, 2.24) is 10.6 Å². The molecule has 0 radical (unpaired) electrons. The van der Waals surface area contributed by atoms with Crippen molar-refractivity contribution >= 4 is 17.6 Å². The third-order valence-electron chi connectivity index (χ3n) is 5.05. The van der Waals surface area contributed by atoms with Gasteiger partial charge in [-0.25, -0.2) is 0 Å².